The summed E-state index contributed by atoms with van der Waals surface area (Å²) in [7, 11) is -0.674. The lowest BCUT2D eigenvalue weighted by atomic mass is 10.2. The fraction of sp³-hybridized carbons (Fsp3) is 0.214. The van der Waals surface area contributed by atoms with Gasteiger partial charge in [0.2, 0.25) is 0 Å². The molecule has 8 heteroatoms. The maximum absolute atomic E-state index is 12.5. The molecule has 5 nitrogen and oxygen atoms in total. The van der Waals surface area contributed by atoms with Crippen molar-refractivity contribution in [3.05, 3.63) is 34.8 Å². The molecule has 1 amide bonds. The Kier molecular flexibility index (Phi) is 4.16. The number of thiocarbonyl (C=S) groups is 1. The molecule has 1 saturated heterocycles. The van der Waals surface area contributed by atoms with Crippen LogP contribution < -0.4 is 10.6 Å². The largest absolute Gasteiger partial charge is 0.480 e. The monoisotopic (exact) mass is 352 g/mol. The second-order valence-corrected chi connectivity index (χ2v) is 8.17. The van der Waals surface area contributed by atoms with Crippen molar-refractivity contribution < 1.29 is 14.7 Å². The van der Waals surface area contributed by atoms with Crippen LogP contribution in [0.5, 0.6) is 0 Å². The Morgan fingerprint density at radius 1 is 1.45 bits per heavy atom. The molecule has 0 aromatic heterocycles. The van der Waals surface area contributed by atoms with Crippen molar-refractivity contribution in [3.8, 4) is 0 Å². The molecule has 3 rings (SSSR count). The number of carboxylic acid groups (broad SMARTS) is 1. The van der Waals surface area contributed by atoms with Crippen LogP contribution in [-0.4, -0.2) is 36.9 Å². The maximum atomic E-state index is 12.5. The molecule has 22 heavy (non-hydrogen) atoms. The molecule has 1 atom stereocenters. The first kappa shape index (κ1) is 15.4. The number of carboxylic acids is 1. The SMILES string of the molecule is CCC1=c2ccccc2=NS1=C1SC(=S)N(CC(=O)O)C1=O. The van der Waals surface area contributed by atoms with Gasteiger partial charge in [0.25, 0.3) is 5.91 Å². The average Bonchev–Trinajstić information content (AvgIpc) is 2.98. The van der Waals surface area contributed by atoms with E-state index in [1.165, 1.54) is 11.8 Å². The maximum Gasteiger partial charge on any atom is 0.323 e. The third kappa shape index (κ3) is 2.51. The molecule has 1 aromatic rings. The number of rotatable bonds is 3. The van der Waals surface area contributed by atoms with Gasteiger partial charge in [-0.2, -0.15) is 0 Å². The van der Waals surface area contributed by atoms with Crippen LogP contribution in [0.4, 0.5) is 0 Å². The van der Waals surface area contributed by atoms with Gasteiger partial charge in [0, 0.05) is 10.1 Å². The highest BCUT2D eigenvalue weighted by molar-refractivity contribution is 8.47. The normalized spacial score (nSPS) is 22.0. The number of hydrogen-bond acceptors (Lipinski definition) is 5. The molecule has 1 fully saturated rings. The summed E-state index contributed by atoms with van der Waals surface area (Å²) in [5.41, 5.74) is 0. The van der Waals surface area contributed by atoms with E-state index in [1.807, 2.05) is 31.2 Å². The minimum absolute atomic E-state index is 0.288. The number of carbonyl (C=O) groups is 2. The predicted molar refractivity (Wildman–Crippen MR) is 93.1 cm³/mol. The second kappa shape index (κ2) is 5.94. The molecule has 114 valence electrons. The van der Waals surface area contributed by atoms with Gasteiger partial charge in [0.1, 0.15) is 15.1 Å². The molecule has 2 aliphatic rings. The van der Waals surface area contributed by atoms with Gasteiger partial charge in [0.15, 0.2) is 0 Å². The molecular formula is C14H12N2O3S3. The standard InChI is InChI=1S/C14H12N2O3S3/c1-2-10-8-5-3-4-6-9(8)15-22(10)13-12(19)16(7-11(17)18)14(20)21-13/h3-6H,2,7H2,1H3,(H,17,18). The van der Waals surface area contributed by atoms with Gasteiger partial charge >= 0.3 is 5.97 Å². The lowest BCUT2D eigenvalue weighted by molar-refractivity contribution is -0.139. The van der Waals surface area contributed by atoms with Crippen LogP contribution in [0.1, 0.15) is 13.3 Å². The van der Waals surface area contributed by atoms with Crippen molar-refractivity contribution in [1.29, 1.82) is 0 Å². The Morgan fingerprint density at radius 3 is 2.86 bits per heavy atom. The van der Waals surface area contributed by atoms with E-state index in [1.54, 1.807) is 0 Å². The topological polar surface area (TPSA) is 70.0 Å². The van der Waals surface area contributed by atoms with Crippen LogP contribution in [0.3, 0.4) is 0 Å². The molecule has 2 heterocycles. The Balaban J connectivity index is 2.13. The number of fused-ring (bicyclic) bond motifs is 1. The molecule has 0 aliphatic carbocycles. The molecule has 0 spiro atoms. The van der Waals surface area contributed by atoms with Gasteiger partial charge in [0.05, 0.1) is 5.36 Å². The van der Waals surface area contributed by atoms with Gasteiger partial charge in [-0.05, 0) is 34.9 Å². The van der Waals surface area contributed by atoms with Crippen molar-refractivity contribution in [2.45, 2.75) is 13.3 Å². The summed E-state index contributed by atoms with van der Waals surface area (Å²) < 4.78 is 5.48. The van der Waals surface area contributed by atoms with E-state index in [9.17, 15) is 9.59 Å². The van der Waals surface area contributed by atoms with Gasteiger partial charge in [-0.3, -0.25) is 14.5 Å². The van der Waals surface area contributed by atoms with E-state index in [4.69, 9.17) is 17.3 Å². The minimum atomic E-state index is -1.08. The Bertz CT molecular complexity index is 860. The van der Waals surface area contributed by atoms with Crippen molar-refractivity contribution in [3.63, 3.8) is 0 Å². The highest BCUT2D eigenvalue weighted by atomic mass is 32.2. The lowest BCUT2D eigenvalue weighted by Gasteiger charge is -2.10. The first-order valence-corrected chi connectivity index (χ1v) is 8.97. The number of amides is 1. The molecule has 2 aliphatic heterocycles. The smallest absolute Gasteiger partial charge is 0.323 e. The quantitative estimate of drug-likeness (QED) is 0.825. The average molecular weight is 352 g/mol. The van der Waals surface area contributed by atoms with Gasteiger partial charge in [-0.15, -0.1) is 0 Å². The van der Waals surface area contributed by atoms with Crippen LogP contribution in [0, 0.1) is 0 Å². The zero-order valence-electron chi connectivity index (χ0n) is 11.6. The van der Waals surface area contributed by atoms with E-state index in [-0.39, 0.29) is 10.2 Å². The minimum Gasteiger partial charge on any atom is -0.480 e. The summed E-state index contributed by atoms with van der Waals surface area (Å²) in [6, 6.07) is 7.79. The fourth-order valence-corrected chi connectivity index (χ4v) is 6.13. The summed E-state index contributed by atoms with van der Waals surface area (Å²) in [6.07, 6.45) is 0.784. The summed E-state index contributed by atoms with van der Waals surface area (Å²) in [5, 5.41) is 10.9. The predicted octanol–water partition coefficient (Wildman–Crippen LogP) is 1.10. The number of carbonyl (C=O) groups excluding carboxylic acids is 1. The highest BCUT2D eigenvalue weighted by Gasteiger charge is 2.36. The number of thioether (sulfide) groups is 1. The van der Waals surface area contributed by atoms with Crippen LogP contribution in [-0.2, 0) is 9.59 Å². The summed E-state index contributed by atoms with van der Waals surface area (Å²) in [6.45, 7) is 1.63. The second-order valence-electron chi connectivity index (χ2n) is 4.61. The van der Waals surface area contributed by atoms with E-state index in [0.717, 1.165) is 26.8 Å². The molecule has 0 bridgehead atoms. The Hall–Kier alpha value is -1.51. The summed E-state index contributed by atoms with van der Waals surface area (Å²) >= 11 is 6.32. The number of benzene rings is 1. The first-order valence-electron chi connectivity index (χ1n) is 6.56. The van der Waals surface area contributed by atoms with Crippen LogP contribution >= 0.6 is 34.6 Å². The number of aliphatic carboxylic acids is 1. The van der Waals surface area contributed by atoms with Crippen molar-refractivity contribution in [1.82, 2.24) is 4.90 Å². The van der Waals surface area contributed by atoms with E-state index in [0.29, 0.717) is 4.20 Å². The molecular weight excluding hydrogens is 340 g/mol. The van der Waals surface area contributed by atoms with Gasteiger partial charge in [-0.1, -0.05) is 37.3 Å². The van der Waals surface area contributed by atoms with Gasteiger partial charge < -0.3 is 5.11 Å². The lowest BCUT2D eigenvalue weighted by Crippen LogP contribution is -2.34. The molecule has 1 aromatic carbocycles. The number of hydrogen-bond donors (Lipinski definition) is 1. The van der Waals surface area contributed by atoms with Crippen molar-refractivity contribution in [2.24, 2.45) is 4.40 Å². The molecule has 1 unspecified atom stereocenters. The summed E-state index contributed by atoms with van der Waals surface area (Å²) in [4.78, 5) is 25.6. The first-order chi connectivity index (χ1) is 10.5. The highest BCUT2D eigenvalue weighted by Crippen LogP contribution is 2.39. The zero-order valence-corrected chi connectivity index (χ0v) is 14.1. The Morgan fingerprint density at radius 2 is 2.18 bits per heavy atom. The van der Waals surface area contributed by atoms with E-state index < -0.39 is 23.2 Å². The van der Waals surface area contributed by atoms with Crippen LogP contribution in [0.25, 0.3) is 4.91 Å². The molecule has 1 N–H and O–H groups in total. The summed E-state index contributed by atoms with van der Waals surface area (Å²) in [5.74, 6) is -1.41. The van der Waals surface area contributed by atoms with Gasteiger partial charge in [-0.25, -0.2) is 4.40 Å². The van der Waals surface area contributed by atoms with E-state index >= 15 is 0 Å². The van der Waals surface area contributed by atoms with E-state index in [2.05, 4.69) is 4.40 Å². The third-order valence-corrected chi connectivity index (χ3v) is 7.07. The third-order valence-electron chi connectivity index (χ3n) is 3.24. The molecule has 0 saturated carbocycles. The number of nitrogens with zero attached hydrogens (tertiary/aromatic N) is 2. The fourth-order valence-electron chi connectivity index (χ4n) is 2.29. The van der Waals surface area contributed by atoms with Crippen molar-refractivity contribution >= 4 is 59.9 Å². The van der Waals surface area contributed by atoms with Crippen molar-refractivity contribution in [2.75, 3.05) is 6.54 Å². The Labute approximate surface area is 138 Å². The van der Waals surface area contributed by atoms with Crippen LogP contribution in [0.15, 0.2) is 28.7 Å². The zero-order chi connectivity index (χ0) is 15.9. The van der Waals surface area contributed by atoms with Crippen LogP contribution in [0.2, 0.25) is 0 Å². The molecule has 0 radical (unpaired) electrons.